The first-order valence-corrected chi connectivity index (χ1v) is 6.89. The molecular weight excluding hydrogens is 286 g/mol. The van der Waals surface area contributed by atoms with Crippen molar-refractivity contribution in [2.24, 2.45) is 0 Å². The van der Waals surface area contributed by atoms with Gasteiger partial charge in [-0.05, 0) is 46.7 Å². The zero-order valence-corrected chi connectivity index (χ0v) is 12.2. The number of tetrazole rings is 1. The highest BCUT2D eigenvalue weighted by atomic mass is 35.5. The zero-order chi connectivity index (χ0) is 14.8. The Morgan fingerprint density at radius 1 is 1.19 bits per heavy atom. The highest BCUT2D eigenvalue weighted by molar-refractivity contribution is 6.30. The van der Waals surface area contributed by atoms with Gasteiger partial charge in [-0.1, -0.05) is 35.9 Å². The third kappa shape index (κ3) is 2.73. The Morgan fingerprint density at radius 2 is 2.00 bits per heavy atom. The second kappa shape index (κ2) is 5.54. The van der Waals surface area contributed by atoms with Crippen LogP contribution in [0.1, 0.15) is 11.1 Å². The van der Waals surface area contributed by atoms with Crippen LogP contribution >= 0.6 is 11.6 Å². The van der Waals surface area contributed by atoms with Crippen LogP contribution in [0.2, 0.25) is 5.02 Å². The summed E-state index contributed by atoms with van der Waals surface area (Å²) >= 11 is 6.01. The van der Waals surface area contributed by atoms with Crippen LogP contribution in [-0.4, -0.2) is 20.2 Å². The summed E-state index contributed by atoms with van der Waals surface area (Å²) in [6.07, 6.45) is 0. The average molecular weight is 300 g/mol. The van der Waals surface area contributed by atoms with Crippen LogP contribution in [0, 0.1) is 6.92 Å². The second-order valence-electron chi connectivity index (χ2n) is 4.83. The van der Waals surface area contributed by atoms with E-state index in [0.29, 0.717) is 23.1 Å². The molecule has 2 N–H and O–H groups in total. The summed E-state index contributed by atoms with van der Waals surface area (Å²) < 4.78 is 1.72. The largest absolute Gasteiger partial charge is 0.398 e. The molecule has 6 heteroatoms. The van der Waals surface area contributed by atoms with Gasteiger partial charge in [0.05, 0.1) is 6.54 Å². The number of halogens is 1. The highest BCUT2D eigenvalue weighted by Crippen LogP contribution is 2.26. The number of aromatic nitrogens is 4. The number of hydrogen-bond acceptors (Lipinski definition) is 4. The van der Waals surface area contributed by atoms with E-state index in [9.17, 15) is 0 Å². The maximum atomic E-state index is 6.13. The third-order valence-corrected chi connectivity index (χ3v) is 3.55. The number of anilines is 1. The molecule has 5 nitrogen and oxygen atoms in total. The van der Waals surface area contributed by atoms with Crippen molar-refractivity contribution in [3.8, 4) is 11.4 Å². The number of aryl methyl sites for hydroxylation is 1. The summed E-state index contributed by atoms with van der Waals surface area (Å²) in [5, 5.41) is 12.6. The average Bonchev–Trinajstić information content (AvgIpc) is 2.90. The van der Waals surface area contributed by atoms with Crippen LogP contribution in [0.4, 0.5) is 5.69 Å². The van der Waals surface area contributed by atoms with Gasteiger partial charge in [0.25, 0.3) is 0 Å². The molecule has 0 atom stereocenters. The number of nitrogen functional groups attached to an aromatic ring is 1. The third-order valence-electron chi connectivity index (χ3n) is 3.32. The summed E-state index contributed by atoms with van der Waals surface area (Å²) in [4.78, 5) is 0. The van der Waals surface area contributed by atoms with Crippen molar-refractivity contribution in [3.05, 3.63) is 58.6 Å². The maximum absolute atomic E-state index is 6.13. The van der Waals surface area contributed by atoms with Crippen molar-refractivity contribution in [1.29, 1.82) is 0 Å². The van der Waals surface area contributed by atoms with Gasteiger partial charge >= 0.3 is 0 Å². The first-order chi connectivity index (χ1) is 10.1. The van der Waals surface area contributed by atoms with E-state index < -0.39 is 0 Å². The molecule has 0 saturated heterocycles. The van der Waals surface area contributed by atoms with Crippen LogP contribution in [-0.2, 0) is 6.54 Å². The van der Waals surface area contributed by atoms with E-state index in [2.05, 4.69) is 15.5 Å². The first-order valence-electron chi connectivity index (χ1n) is 6.51. The molecule has 2 aromatic carbocycles. The number of nitrogens with two attached hydrogens (primary N) is 1. The van der Waals surface area contributed by atoms with Crippen LogP contribution in [0.15, 0.2) is 42.5 Å². The molecule has 0 aliphatic carbocycles. The Bertz CT molecular complexity index is 781. The predicted molar refractivity (Wildman–Crippen MR) is 83.0 cm³/mol. The molecule has 0 radical (unpaired) electrons. The van der Waals surface area contributed by atoms with E-state index in [1.54, 1.807) is 4.68 Å². The fourth-order valence-electron chi connectivity index (χ4n) is 2.19. The number of hydrogen-bond donors (Lipinski definition) is 1. The lowest BCUT2D eigenvalue weighted by Gasteiger charge is -2.09. The summed E-state index contributed by atoms with van der Waals surface area (Å²) in [5.74, 6) is 0.649. The summed E-state index contributed by atoms with van der Waals surface area (Å²) in [6, 6.07) is 13.4. The summed E-state index contributed by atoms with van der Waals surface area (Å²) in [7, 11) is 0. The summed E-state index contributed by atoms with van der Waals surface area (Å²) in [5.41, 5.74) is 9.69. The molecule has 0 aliphatic heterocycles. The molecule has 3 rings (SSSR count). The zero-order valence-electron chi connectivity index (χ0n) is 11.5. The lowest BCUT2D eigenvalue weighted by atomic mass is 10.1. The number of benzene rings is 2. The Labute approximate surface area is 127 Å². The Kier molecular flexibility index (Phi) is 3.58. The van der Waals surface area contributed by atoms with Gasteiger partial charge in [-0.25, -0.2) is 4.68 Å². The first kappa shape index (κ1) is 13.6. The fraction of sp³-hybridized carbons (Fsp3) is 0.133. The van der Waals surface area contributed by atoms with Crippen molar-refractivity contribution < 1.29 is 0 Å². The highest BCUT2D eigenvalue weighted by Gasteiger charge is 2.13. The molecule has 21 heavy (non-hydrogen) atoms. The van der Waals surface area contributed by atoms with E-state index in [0.717, 1.165) is 16.7 Å². The smallest absolute Gasteiger partial charge is 0.184 e. The number of para-hydroxylation sites is 1. The van der Waals surface area contributed by atoms with Crippen molar-refractivity contribution >= 4 is 17.3 Å². The van der Waals surface area contributed by atoms with E-state index in [4.69, 9.17) is 17.3 Å². The van der Waals surface area contributed by atoms with Gasteiger partial charge in [0.2, 0.25) is 0 Å². The standard InChI is InChI=1S/C15H14ClN5/c1-10-4-2-7-13(14(10)17)15-18-19-20-21(15)9-11-5-3-6-12(16)8-11/h2-8H,9,17H2,1H3. The lowest BCUT2D eigenvalue weighted by molar-refractivity contribution is 0.653. The molecule has 0 bridgehead atoms. The van der Waals surface area contributed by atoms with Crippen molar-refractivity contribution in [3.63, 3.8) is 0 Å². The quantitative estimate of drug-likeness (QED) is 0.755. The Morgan fingerprint density at radius 3 is 2.81 bits per heavy atom. The van der Waals surface area contributed by atoms with Crippen LogP contribution in [0.5, 0.6) is 0 Å². The minimum Gasteiger partial charge on any atom is -0.398 e. The van der Waals surface area contributed by atoms with Crippen molar-refractivity contribution in [2.75, 3.05) is 5.73 Å². The minimum absolute atomic E-state index is 0.538. The normalized spacial score (nSPS) is 10.8. The topological polar surface area (TPSA) is 69.6 Å². The van der Waals surface area contributed by atoms with E-state index >= 15 is 0 Å². The monoisotopic (exact) mass is 299 g/mol. The Balaban J connectivity index is 2.00. The van der Waals surface area contributed by atoms with Crippen molar-refractivity contribution in [1.82, 2.24) is 20.2 Å². The van der Waals surface area contributed by atoms with Crippen LogP contribution in [0.25, 0.3) is 11.4 Å². The molecule has 0 aliphatic rings. The van der Waals surface area contributed by atoms with Gasteiger partial charge in [0.1, 0.15) is 0 Å². The van der Waals surface area contributed by atoms with Crippen LogP contribution in [0.3, 0.4) is 0 Å². The molecule has 0 spiro atoms. The number of nitrogens with zero attached hydrogens (tertiary/aromatic N) is 4. The molecule has 106 valence electrons. The molecular formula is C15H14ClN5. The van der Waals surface area contributed by atoms with Crippen LogP contribution < -0.4 is 5.73 Å². The molecule has 0 saturated carbocycles. The van der Waals surface area contributed by atoms with Gasteiger partial charge in [-0.3, -0.25) is 0 Å². The van der Waals surface area contributed by atoms with E-state index in [1.165, 1.54) is 0 Å². The molecule has 3 aromatic rings. The van der Waals surface area contributed by atoms with Gasteiger partial charge < -0.3 is 5.73 Å². The Hall–Kier alpha value is -2.40. The van der Waals surface area contributed by atoms with Gasteiger partial charge in [0.15, 0.2) is 5.82 Å². The van der Waals surface area contributed by atoms with Crippen molar-refractivity contribution in [2.45, 2.75) is 13.5 Å². The fourth-order valence-corrected chi connectivity index (χ4v) is 2.40. The lowest BCUT2D eigenvalue weighted by Crippen LogP contribution is -2.06. The van der Waals surface area contributed by atoms with Gasteiger partial charge in [-0.15, -0.1) is 5.10 Å². The van der Waals surface area contributed by atoms with E-state index in [-0.39, 0.29) is 0 Å². The minimum atomic E-state index is 0.538. The maximum Gasteiger partial charge on any atom is 0.184 e. The SMILES string of the molecule is Cc1cccc(-c2nnnn2Cc2cccc(Cl)c2)c1N. The van der Waals surface area contributed by atoms with Gasteiger partial charge in [-0.2, -0.15) is 0 Å². The molecule has 1 aromatic heterocycles. The van der Waals surface area contributed by atoms with E-state index in [1.807, 2.05) is 49.4 Å². The predicted octanol–water partition coefficient (Wildman–Crippen LogP) is 2.93. The molecule has 1 heterocycles. The number of rotatable bonds is 3. The second-order valence-corrected chi connectivity index (χ2v) is 5.26. The summed E-state index contributed by atoms with van der Waals surface area (Å²) in [6.45, 7) is 2.50. The molecule has 0 fully saturated rings. The molecule has 0 amide bonds. The van der Waals surface area contributed by atoms with Gasteiger partial charge in [0, 0.05) is 16.3 Å². The molecule has 0 unspecified atom stereocenters.